The van der Waals surface area contributed by atoms with Crippen LogP contribution < -0.4 is 0 Å². The highest BCUT2D eigenvalue weighted by molar-refractivity contribution is 5.11. The molecule has 2 nitrogen and oxygen atoms in total. The third-order valence-corrected chi connectivity index (χ3v) is 5.50. The van der Waals surface area contributed by atoms with Gasteiger partial charge in [-0.15, -0.1) is 0 Å². The summed E-state index contributed by atoms with van der Waals surface area (Å²) in [5.41, 5.74) is -0.577. The highest BCUT2D eigenvalue weighted by Gasteiger charge is 2.61. The molecule has 0 heterocycles. The van der Waals surface area contributed by atoms with Gasteiger partial charge in [0.25, 0.3) is 0 Å². The normalized spacial score (nSPS) is 57.8. The molecular formula is C13H22O2. The first-order valence-electron chi connectivity index (χ1n) is 6.44. The topological polar surface area (TPSA) is 40.5 Å². The van der Waals surface area contributed by atoms with Crippen LogP contribution in [0.3, 0.4) is 0 Å². The van der Waals surface area contributed by atoms with Crippen LogP contribution >= 0.6 is 0 Å². The summed E-state index contributed by atoms with van der Waals surface area (Å²) in [5.74, 6) is 2.19. The van der Waals surface area contributed by atoms with Gasteiger partial charge in [-0.3, -0.25) is 0 Å². The second-order valence-corrected chi connectivity index (χ2v) is 6.40. The molecule has 0 radical (unpaired) electrons. The molecule has 0 aromatic rings. The van der Waals surface area contributed by atoms with Gasteiger partial charge < -0.3 is 10.2 Å². The van der Waals surface area contributed by atoms with Gasteiger partial charge in [0.15, 0.2) is 0 Å². The fourth-order valence-electron chi connectivity index (χ4n) is 4.83. The summed E-state index contributed by atoms with van der Waals surface area (Å²) in [6.07, 6.45) is 4.30. The molecule has 4 aliphatic carbocycles. The summed E-state index contributed by atoms with van der Waals surface area (Å²) in [6.45, 7) is 4.21. The molecule has 0 aromatic heterocycles. The Kier molecular flexibility index (Phi) is 2.01. The van der Waals surface area contributed by atoms with E-state index in [1.807, 2.05) is 0 Å². The van der Waals surface area contributed by atoms with E-state index in [-0.39, 0.29) is 17.9 Å². The molecular weight excluding hydrogens is 188 g/mol. The molecule has 2 N–H and O–H groups in total. The molecule has 2 heteroatoms. The van der Waals surface area contributed by atoms with Gasteiger partial charge in [-0.1, -0.05) is 13.8 Å². The van der Waals surface area contributed by atoms with Crippen molar-refractivity contribution in [3.63, 3.8) is 0 Å². The molecule has 4 aliphatic rings. The van der Waals surface area contributed by atoms with Crippen molar-refractivity contribution in [3.05, 3.63) is 0 Å². The second kappa shape index (κ2) is 2.98. The SMILES string of the molecule is CC(C)C1(O)[C@@H]2C[C@H]3C[C@@H](C2)C(O)[C@@H]1C3. The molecule has 4 fully saturated rings. The van der Waals surface area contributed by atoms with Gasteiger partial charge in [-0.2, -0.15) is 0 Å². The van der Waals surface area contributed by atoms with Crippen molar-refractivity contribution in [1.29, 1.82) is 0 Å². The fraction of sp³-hybridized carbons (Fsp3) is 1.00. The molecule has 4 rings (SSSR count). The summed E-state index contributed by atoms with van der Waals surface area (Å²) < 4.78 is 0. The Morgan fingerprint density at radius 1 is 1.13 bits per heavy atom. The minimum absolute atomic E-state index is 0.161. The predicted octanol–water partition coefficient (Wildman–Crippen LogP) is 1.80. The lowest BCUT2D eigenvalue weighted by Gasteiger charge is -2.62. The van der Waals surface area contributed by atoms with Gasteiger partial charge in [0, 0.05) is 5.92 Å². The number of aliphatic hydroxyl groups excluding tert-OH is 1. The molecule has 15 heavy (non-hydrogen) atoms. The highest BCUT2D eigenvalue weighted by Crippen LogP contribution is 2.60. The van der Waals surface area contributed by atoms with Gasteiger partial charge in [-0.05, 0) is 49.4 Å². The molecule has 2 unspecified atom stereocenters. The van der Waals surface area contributed by atoms with E-state index in [2.05, 4.69) is 13.8 Å². The summed E-state index contributed by atoms with van der Waals surface area (Å²) in [5, 5.41) is 21.1. The van der Waals surface area contributed by atoms with Crippen LogP contribution in [0.4, 0.5) is 0 Å². The van der Waals surface area contributed by atoms with Crippen molar-refractivity contribution in [2.45, 2.75) is 51.2 Å². The Labute approximate surface area is 91.7 Å². The van der Waals surface area contributed by atoms with Crippen molar-refractivity contribution in [2.75, 3.05) is 0 Å². The van der Waals surface area contributed by atoms with E-state index in [1.165, 1.54) is 12.8 Å². The van der Waals surface area contributed by atoms with E-state index in [4.69, 9.17) is 0 Å². The predicted molar refractivity (Wildman–Crippen MR) is 58.2 cm³/mol. The first kappa shape index (κ1) is 10.1. The van der Waals surface area contributed by atoms with E-state index in [0.717, 1.165) is 18.8 Å². The number of rotatable bonds is 1. The molecule has 4 saturated carbocycles. The maximum atomic E-state index is 10.9. The maximum absolute atomic E-state index is 10.9. The minimum Gasteiger partial charge on any atom is -0.392 e. The van der Waals surface area contributed by atoms with Gasteiger partial charge in [0.05, 0.1) is 11.7 Å². The monoisotopic (exact) mass is 210 g/mol. The molecule has 4 bridgehead atoms. The standard InChI is InChI=1S/C13H22O2/c1-7(2)13(15)10-4-8-3-9(6-10)12(14)11(13)5-8/h7-12,14-15H,3-6H2,1-2H3/t8-,9+,10-,11+,12?,13?/m1/s1. The summed E-state index contributed by atoms with van der Waals surface area (Å²) >= 11 is 0. The zero-order chi connectivity index (χ0) is 10.8. The van der Waals surface area contributed by atoms with E-state index in [1.54, 1.807) is 0 Å². The van der Waals surface area contributed by atoms with Crippen LogP contribution in [0.15, 0.2) is 0 Å². The summed E-state index contributed by atoms with van der Waals surface area (Å²) in [6, 6.07) is 0. The quantitative estimate of drug-likeness (QED) is 0.693. The first-order chi connectivity index (χ1) is 7.03. The van der Waals surface area contributed by atoms with Gasteiger partial charge in [-0.25, -0.2) is 0 Å². The lowest BCUT2D eigenvalue weighted by molar-refractivity contribution is -0.238. The van der Waals surface area contributed by atoms with Crippen molar-refractivity contribution < 1.29 is 10.2 Å². The van der Waals surface area contributed by atoms with Crippen molar-refractivity contribution in [2.24, 2.45) is 29.6 Å². The zero-order valence-corrected chi connectivity index (χ0v) is 9.69. The van der Waals surface area contributed by atoms with Gasteiger partial charge in [0.1, 0.15) is 0 Å². The second-order valence-electron chi connectivity index (χ2n) is 6.40. The summed E-state index contributed by atoms with van der Waals surface area (Å²) in [4.78, 5) is 0. The molecule has 0 saturated heterocycles. The molecule has 6 atom stereocenters. The molecule has 0 amide bonds. The van der Waals surface area contributed by atoms with Crippen molar-refractivity contribution >= 4 is 0 Å². The smallest absolute Gasteiger partial charge is 0.0751 e. The van der Waals surface area contributed by atoms with Crippen molar-refractivity contribution in [1.82, 2.24) is 0 Å². The van der Waals surface area contributed by atoms with Gasteiger partial charge >= 0.3 is 0 Å². The summed E-state index contributed by atoms with van der Waals surface area (Å²) in [7, 11) is 0. The van der Waals surface area contributed by atoms with E-state index in [0.29, 0.717) is 11.8 Å². The van der Waals surface area contributed by atoms with Crippen LogP contribution in [0.2, 0.25) is 0 Å². The minimum atomic E-state index is -0.577. The maximum Gasteiger partial charge on any atom is 0.0751 e. The van der Waals surface area contributed by atoms with Crippen LogP contribution in [0.1, 0.15) is 39.5 Å². The van der Waals surface area contributed by atoms with Crippen LogP contribution in [0.25, 0.3) is 0 Å². The Morgan fingerprint density at radius 3 is 2.53 bits per heavy atom. The Morgan fingerprint density at radius 2 is 1.87 bits per heavy atom. The Balaban J connectivity index is 1.98. The lowest BCUT2D eigenvalue weighted by atomic mass is 9.46. The van der Waals surface area contributed by atoms with E-state index >= 15 is 0 Å². The Bertz CT molecular complexity index is 276. The molecule has 86 valence electrons. The number of aliphatic hydroxyl groups is 2. The fourth-order valence-corrected chi connectivity index (χ4v) is 4.83. The highest BCUT2D eigenvalue weighted by atomic mass is 16.3. The third kappa shape index (κ3) is 1.13. The van der Waals surface area contributed by atoms with Crippen LogP contribution in [0.5, 0.6) is 0 Å². The number of hydrogen-bond donors (Lipinski definition) is 2. The van der Waals surface area contributed by atoms with Crippen LogP contribution in [0, 0.1) is 29.6 Å². The van der Waals surface area contributed by atoms with Crippen LogP contribution in [-0.2, 0) is 0 Å². The molecule has 0 spiro atoms. The largest absolute Gasteiger partial charge is 0.392 e. The average Bonchev–Trinajstić information content (AvgIpc) is 2.20. The van der Waals surface area contributed by atoms with E-state index < -0.39 is 5.60 Å². The van der Waals surface area contributed by atoms with Crippen molar-refractivity contribution in [3.8, 4) is 0 Å². The first-order valence-corrected chi connectivity index (χ1v) is 6.44. The molecule has 0 aliphatic heterocycles. The van der Waals surface area contributed by atoms with E-state index in [9.17, 15) is 10.2 Å². The number of hydrogen-bond acceptors (Lipinski definition) is 2. The Hall–Kier alpha value is -0.0800. The van der Waals surface area contributed by atoms with Gasteiger partial charge in [0.2, 0.25) is 0 Å². The lowest BCUT2D eigenvalue weighted by Crippen LogP contribution is -2.65. The zero-order valence-electron chi connectivity index (χ0n) is 9.69. The average molecular weight is 210 g/mol. The third-order valence-electron chi connectivity index (χ3n) is 5.50. The molecule has 0 aromatic carbocycles. The van der Waals surface area contributed by atoms with Crippen LogP contribution in [-0.4, -0.2) is 21.9 Å².